The van der Waals surface area contributed by atoms with E-state index < -0.39 is 0 Å². The SMILES string of the molecule is CCNC(c1ccc(Cl)s1)c1cc2c(cc1Cl)OCCO2. The van der Waals surface area contributed by atoms with Gasteiger partial charge in [0, 0.05) is 16.0 Å². The minimum atomic E-state index is -0.00386. The van der Waals surface area contributed by atoms with E-state index in [0.29, 0.717) is 24.0 Å². The molecule has 1 atom stereocenters. The Labute approximate surface area is 137 Å². The first kappa shape index (κ1) is 15.0. The Morgan fingerprint density at radius 3 is 2.52 bits per heavy atom. The summed E-state index contributed by atoms with van der Waals surface area (Å²) in [7, 11) is 0. The monoisotopic (exact) mass is 343 g/mol. The number of thiophene rings is 1. The van der Waals surface area contributed by atoms with Gasteiger partial charge in [-0.2, -0.15) is 0 Å². The van der Waals surface area contributed by atoms with Crippen LogP contribution in [-0.2, 0) is 0 Å². The van der Waals surface area contributed by atoms with Crippen LogP contribution >= 0.6 is 34.5 Å². The van der Waals surface area contributed by atoms with Gasteiger partial charge in [0.15, 0.2) is 11.5 Å². The summed E-state index contributed by atoms with van der Waals surface area (Å²) in [5, 5.41) is 4.11. The molecule has 1 aliphatic heterocycles. The fourth-order valence-corrected chi connectivity index (χ4v) is 3.77. The number of hydrogen-bond acceptors (Lipinski definition) is 4. The fourth-order valence-electron chi connectivity index (χ4n) is 2.35. The summed E-state index contributed by atoms with van der Waals surface area (Å²) in [4.78, 5) is 1.13. The first-order valence-electron chi connectivity index (χ1n) is 6.76. The third kappa shape index (κ3) is 3.14. The van der Waals surface area contributed by atoms with Crippen molar-refractivity contribution in [3.63, 3.8) is 0 Å². The molecule has 0 saturated heterocycles. The van der Waals surface area contributed by atoms with E-state index in [0.717, 1.165) is 27.1 Å². The summed E-state index contributed by atoms with van der Waals surface area (Å²) < 4.78 is 12.0. The summed E-state index contributed by atoms with van der Waals surface area (Å²) in [6, 6.07) is 7.70. The highest BCUT2D eigenvalue weighted by atomic mass is 35.5. The van der Waals surface area contributed by atoms with Crippen molar-refractivity contribution in [1.82, 2.24) is 5.32 Å². The number of benzene rings is 1. The highest BCUT2D eigenvalue weighted by Crippen LogP contribution is 2.40. The second-order valence-corrected chi connectivity index (χ2v) is 6.80. The van der Waals surface area contributed by atoms with Gasteiger partial charge in [-0.05, 0) is 30.3 Å². The number of fused-ring (bicyclic) bond motifs is 1. The number of hydrogen-bond donors (Lipinski definition) is 1. The summed E-state index contributed by atoms with van der Waals surface area (Å²) in [5.41, 5.74) is 0.973. The van der Waals surface area contributed by atoms with Crippen LogP contribution in [0, 0.1) is 0 Å². The molecule has 3 rings (SSSR count). The highest BCUT2D eigenvalue weighted by molar-refractivity contribution is 7.16. The zero-order valence-electron chi connectivity index (χ0n) is 11.5. The lowest BCUT2D eigenvalue weighted by molar-refractivity contribution is 0.171. The van der Waals surface area contributed by atoms with Crippen molar-refractivity contribution >= 4 is 34.5 Å². The molecule has 1 aliphatic rings. The molecule has 6 heteroatoms. The molecular formula is C15H15Cl2NO2S. The molecule has 2 aromatic rings. The smallest absolute Gasteiger partial charge is 0.162 e. The molecule has 0 amide bonds. The first-order chi connectivity index (χ1) is 10.2. The van der Waals surface area contributed by atoms with Crippen molar-refractivity contribution < 1.29 is 9.47 Å². The molecular weight excluding hydrogens is 329 g/mol. The van der Waals surface area contributed by atoms with Crippen molar-refractivity contribution in [3.05, 3.63) is 44.1 Å². The average molecular weight is 344 g/mol. The maximum atomic E-state index is 6.44. The lowest BCUT2D eigenvalue weighted by Crippen LogP contribution is -2.22. The topological polar surface area (TPSA) is 30.5 Å². The molecule has 0 spiro atoms. The first-order valence-corrected chi connectivity index (χ1v) is 8.34. The van der Waals surface area contributed by atoms with Gasteiger partial charge in [-0.25, -0.2) is 0 Å². The Bertz CT molecular complexity index is 645. The van der Waals surface area contributed by atoms with Crippen molar-refractivity contribution in [1.29, 1.82) is 0 Å². The summed E-state index contributed by atoms with van der Waals surface area (Å²) in [6.07, 6.45) is 0. The average Bonchev–Trinajstić information content (AvgIpc) is 2.91. The third-order valence-corrected chi connectivity index (χ3v) is 4.88. The van der Waals surface area contributed by atoms with Crippen LogP contribution in [0.1, 0.15) is 23.4 Å². The Hall–Kier alpha value is -0.940. The van der Waals surface area contributed by atoms with E-state index in [1.807, 2.05) is 24.3 Å². The van der Waals surface area contributed by atoms with Crippen LogP contribution in [0.2, 0.25) is 9.36 Å². The van der Waals surface area contributed by atoms with Crippen LogP contribution < -0.4 is 14.8 Å². The van der Waals surface area contributed by atoms with E-state index in [-0.39, 0.29) is 6.04 Å². The molecule has 0 radical (unpaired) electrons. The standard InChI is InChI=1S/C15H15Cl2NO2S/c1-2-18-15(13-3-4-14(17)21-13)9-7-11-12(8-10(9)16)20-6-5-19-11/h3-4,7-8,15,18H,2,5-6H2,1H3. The molecule has 112 valence electrons. The summed E-state index contributed by atoms with van der Waals surface area (Å²) >= 11 is 14.1. The lowest BCUT2D eigenvalue weighted by Gasteiger charge is -2.23. The largest absolute Gasteiger partial charge is 0.486 e. The second-order valence-electron chi connectivity index (χ2n) is 4.65. The van der Waals surface area contributed by atoms with Crippen LogP contribution in [0.15, 0.2) is 24.3 Å². The number of ether oxygens (including phenoxy) is 2. The molecule has 1 aromatic heterocycles. The van der Waals surface area contributed by atoms with Gasteiger partial charge >= 0.3 is 0 Å². The molecule has 1 N–H and O–H groups in total. The number of nitrogens with one attached hydrogen (secondary N) is 1. The minimum absolute atomic E-state index is 0.00386. The van der Waals surface area contributed by atoms with Gasteiger partial charge in [0.05, 0.1) is 10.4 Å². The second kappa shape index (κ2) is 6.44. The van der Waals surface area contributed by atoms with E-state index in [4.69, 9.17) is 32.7 Å². The van der Waals surface area contributed by atoms with Crippen molar-refractivity contribution in [2.45, 2.75) is 13.0 Å². The zero-order chi connectivity index (χ0) is 14.8. The summed E-state index contributed by atoms with van der Waals surface area (Å²) in [5.74, 6) is 1.45. The molecule has 1 unspecified atom stereocenters. The van der Waals surface area contributed by atoms with Crippen LogP contribution in [-0.4, -0.2) is 19.8 Å². The van der Waals surface area contributed by atoms with Crippen molar-refractivity contribution in [2.75, 3.05) is 19.8 Å². The van der Waals surface area contributed by atoms with Gasteiger partial charge in [0.1, 0.15) is 13.2 Å². The normalized spacial score (nSPS) is 15.0. The maximum absolute atomic E-state index is 6.44. The van der Waals surface area contributed by atoms with Gasteiger partial charge in [-0.1, -0.05) is 30.1 Å². The van der Waals surface area contributed by atoms with Gasteiger partial charge in [0.25, 0.3) is 0 Å². The predicted octanol–water partition coefficient (Wildman–Crippen LogP) is 4.53. The third-order valence-electron chi connectivity index (χ3n) is 3.26. The quantitative estimate of drug-likeness (QED) is 0.884. The van der Waals surface area contributed by atoms with Crippen LogP contribution in [0.4, 0.5) is 0 Å². The van der Waals surface area contributed by atoms with E-state index >= 15 is 0 Å². The molecule has 0 aliphatic carbocycles. The summed E-state index contributed by atoms with van der Waals surface area (Å²) in [6.45, 7) is 4.00. The lowest BCUT2D eigenvalue weighted by atomic mass is 10.0. The molecule has 0 saturated carbocycles. The van der Waals surface area contributed by atoms with Gasteiger partial charge in [0.2, 0.25) is 0 Å². The molecule has 3 nitrogen and oxygen atoms in total. The van der Waals surface area contributed by atoms with Crippen LogP contribution in [0.25, 0.3) is 0 Å². The predicted molar refractivity (Wildman–Crippen MR) is 87.3 cm³/mol. The van der Waals surface area contributed by atoms with Gasteiger partial charge < -0.3 is 14.8 Å². The van der Waals surface area contributed by atoms with Crippen LogP contribution in [0.3, 0.4) is 0 Å². The van der Waals surface area contributed by atoms with E-state index in [1.54, 1.807) is 11.3 Å². The maximum Gasteiger partial charge on any atom is 0.162 e. The fraction of sp³-hybridized carbons (Fsp3) is 0.333. The molecule has 1 aromatic carbocycles. The Morgan fingerprint density at radius 1 is 1.19 bits per heavy atom. The minimum Gasteiger partial charge on any atom is -0.486 e. The van der Waals surface area contributed by atoms with Crippen molar-refractivity contribution in [2.24, 2.45) is 0 Å². The molecule has 0 bridgehead atoms. The highest BCUT2D eigenvalue weighted by Gasteiger charge is 2.22. The number of rotatable bonds is 4. The van der Waals surface area contributed by atoms with Gasteiger partial charge in [-0.3, -0.25) is 0 Å². The molecule has 0 fully saturated rings. The van der Waals surface area contributed by atoms with Crippen molar-refractivity contribution in [3.8, 4) is 11.5 Å². The molecule has 2 heterocycles. The molecule has 21 heavy (non-hydrogen) atoms. The van der Waals surface area contributed by atoms with E-state index in [1.165, 1.54) is 0 Å². The van der Waals surface area contributed by atoms with E-state index in [2.05, 4.69) is 12.2 Å². The van der Waals surface area contributed by atoms with Gasteiger partial charge in [-0.15, -0.1) is 11.3 Å². The Balaban J connectivity index is 2.02. The Kier molecular flexibility index (Phi) is 4.60. The zero-order valence-corrected chi connectivity index (χ0v) is 13.8. The van der Waals surface area contributed by atoms with E-state index in [9.17, 15) is 0 Å². The van der Waals surface area contributed by atoms with Crippen LogP contribution in [0.5, 0.6) is 11.5 Å². The Morgan fingerprint density at radius 2 is 1.90 bits per heavy atom. The number of halogens is 2.